The van der Waals surface area contributed by atoms with E-state index in [1.165, 1.54) is 18.5 Å². The first-order valence-electron chi connectivity index (χ1n) is 9.50. The molecule has 0 spiro atoms. The Morgan fingerprint density at radius 2 is 2.03 bits per heavy atom. The van der Waals surface area contributed by atoms with Crippen LogP contribution in [0.1, 0.15) is 34.5 Å². The van der Waals surface area contributed by atoms with E-state index in [9.17, 15) is 22.8 Å². The molecule has 1 saturated carbocycles. The van der Waals surface area contributed by atoms with Gasteiger partial charge in [-0.15, -0.1) is 0 Å². The number of carbonyl (C=O) groups is 2. The summed E-state index contributed by atoms with van der Waals surface area (Å²) in [7, 11) is 0. The van der Waals surface area contributed by atoms with Gasteiger partial charge in [-0.3, -0.25) is 14.7 Å². The number of halogens is 3. The molecule has 8 nitrogen and oxygen atoms in total. The van der Waals surface area contributed by atoms with Gasteiger partial charge in [-0.1, -0.05) is 0 Å². The smallest absolute Gasteiger partial charge is 0.348 e. The molecule has 158 valence electrons. The molecule has 2 aromatic heterocycles. The van der Waals surface area contributed by atoms with E-state index in [-0.39, 0.29) is 29.7 Å². The highest BCUT2D eigenvalue weighted by Crippen LogP contribution is 2.33. The number of nitrogens with one attached hydrogen (secondary N) is 1. The summed E-state index contributed by atoms with van der Waals surface area (Å²) < 4.78 is 40.8. The highest BCUT2D eigenvalue weighted by atomic mass is 19.4. The second kappa shape index (κ2) is 7.88. The van der Waals surface area contributed by atoms with E-state index < -0.39 is 24.3 Å². The Balaban J connectivity index is 1.51. The van der Waals surface area contributed by atoms with Crippen LogP contribution in [0.2, 0.25) is 0 Å². The summed E-state index contributed by atoms with van der Waals surface area (Å²) in [6, 6.07) is 2.67. The van der Waals surface area contributed by atoms with Crippen LogP contribution in [0.25, 0.3) is 0 Å². The fraction of sp³-hybridized carbons (Fsp3) is 0.421. The molecule has 3 heterocycles. The largest absolute Gasteiger partial charge is 0.433 e. The number of urea groups is 1. The molecule has 1 aliphatic heterocycles. The number of rotatable bonds is 6. The Hall–Kier alpha value is -3.24. The molecule has 0 bridgehead atoms. The Labute approximate surface area is 170 Å². The van der Waals surface area contributed by atoms with Gasteiger partial charge in [0.1, 0.15) is 0 Å². The summed E-state index contributed by atoms with van der Waals surface area (Å²) in [5, 5.41) is 2.41. The number of pyridine rings is 1. The number of carbonyl (C=O) groups excluding carboxylic acids is 2. The van der Waals surface area contributed by atoms with Gasteiger partial charge in [-0.05, 0) is 30.9 Å². The minimum absolute atomic E-state index is 0.224. The van der Waals surface area contributed by atoms with Gasteiger partial charge in [0.05, 0.1) is 5.56 Å². The van der Waals surface area contributed by atoms with Gasteiger partial charge in [0.15, 0.2) is 5.69 Å². The Morgan fingerprint density at radius 3 is 2.70 bits per heavy atom. The Bertz CT molecular complexity index is 949. The number of amides is 3. The van der Waals surface area contributed by atoms with Crippen molar-refractivity contribution in [2.24, 2.45) is 5.92 Å². The molecule has 1 saturated heterocycles. The summed E-state index contributed by atoms with van der Waals surface area (Å²) in [6.45, 7) is 0.868. The summed E-state index contributed by atoms with van der Waals surface area (Å²) in [5.41, 5.74) is -1.24. The summed E-state index contributed by atoms with van der Waals surface area (Å²) in [4.78, 5) is 38.8. The van der Waals surface area contributed by atoms with Gasteiger partial charge in [0.2, 0.25) is 5.95 Å². The maximum absolute atomic E-state index is 13.6. The zero-order valence-electron chi connectivity index (χ0n) is 15.9. The average molecular weight is 420 g/mol. The molecule has 0 aromatic carbocycles. The number of aromatic nitrogens is 3. The molecule has 0 unspecified atom stereocenters. The third-order valence-electron chi connectivity index (χ3n) is 5.00. The second-order valence-electron chi connectivity index (χ2n) is 7.29. The van der Waals surface area contributed by atoms with E-state index in [0.717, 1.165) is 23.9 Å². The average Bonchev–Trinajstić information content (AvgIpc) is 3.48. The first-order valence-corrected chi connectivity index (χ1v) is 9.50. The van der Waals surface area contributed by atoms with E-state index in [1.54, 1.807) is 11.0 Å². The molecule has 30 heavy (non-hydrogen) atoms. The summed E-state index contributed by atoms with van der Waals surface area (Å²) in [6.07, 6.45) is 1.17. The lowest BCUT2D eigenvalue weighted by molar-refractivity contribution is -0.141. The molecule has 4 rings (SSSR count). The van der Waals surface area contributed by atoms with Crippen molar-refractivity contribution in [1.82, 2.24) is 25.2 Å². The number of anilines is 1. The molecule has 0 atom stereocenters. The van der Waals surface area contributed by atoms with Crippen LogP contribution in [0.5, 0.6) is 0 Å². The van der Waals surface area contributed by atoms with Crippen molar-refractivity contribution in [1.29, 1.82) is 0 Å². The molecule has 11 heteroatoms. The van der Waals surface area contributed by atoms with Crippen molar-refractivity contribution in [2.45, 2.75) is 25.6 Å². The lowest BCUT2D eigenvalue weighted by atomic mass is 10.2. The number of hydrogen-bond acceptors (Lipinski definition) is 5. The molecule has 1 N–H and O–H groups in total. The zero-order valence-corrected chi connectivity index (χ0v) is 15.9. The van der Waals surface area contributed by atoms with Crippen molar-refractivity contribution >= 4 is 17.9 Å². The third-order valence-corrected chi connectivity index (χ3v) is 5.00. The van der Waals surface area contributed by atoms with Crippen LogP contribution in [0.15, 0.2) is 30.7 Å². The highest BCUT2D eigenvalue weighted by Gasteiger charge is 2.39. The molecule has 2 fully saturated rings. The van der Waals surface area contributed by atoms with Crippen molar-refractivity contribution in [3.8, 4) is 0 Å². The van der Waals surface area contributed by atoms with Gasteiger partial charge in [-0.2, -0.15) is 13.2 Å². The minimum atomic E-state index is -4.76. The maximum Gasteiger partial charge on any atom is 0.433 e. The standard InChI is InChI=1S/C19H19F3N6O2/c20-19(21,22)15-14(9-24-16(29)13-2-1-5-23-8-13)10-25-17(26-15)28-7-6-27(18(28)30)11-12-3-4-12/h1-2,5,8,10,12H,3-4,6-7,9,11H2,(H,24,29). The Kier molecular flexibility index (Phi) is 5.27. The van der Waals surface area contributed by atoms with Gasteiger partial charge in [-0.25, -0.2) is 14.8 Å². The van der Waals surface area contributed by atoms with Crippen LogP contribution in [0, 0.1) is 5.92 Å². The van der Waals surface area contributed by atoms with Crippen molar-refractivity contribution in [3.63, 3.8) is 0 Å². The predicted octanol–water partition coefficient (Wildman–Crippen LogP) is 2.47. The molecule has 2 aromatic rings. The monoisotopic (exact) mass is 420 g/mol. The normalized spacial score (nSPS) is 16.8. The molecule has 0 radical (unpaired) electrons. The number of hydrogen-bond donors (Lipinski definition) is 1. The topological polar surface area (TPSA) is 91.3 Å². The van der Waals surface area contributed by atoms with Crippen LogP contribution in [-0.4, -0.2) is 51.4 Å². The Morgan fingerprint density at radius 1 is 1.23 bits per heavy atom. The van der Waals surface area contributed by atoms with Crippen LogP contribution >= 0.6 is 0 Å². The SMILES string of the molecule is O=C(NCc1cnc(N2CCN(CC3CC3)C2=O)nc1C(F)(F)F)c1cccnc1. The van der Waals surface area contributed by atoms with Gasteiger partial charge in [0.25, 0.3) is 5.91 Å². The summed E-state index contributed by atoms with van der Waals surface area (Å²) in [5.74, 6) is -0.370. The molecular formula is C19H19F3N6O2. The van der Waals surface area contributed by atoms with Gasteiger partial charge >= 0.3 is 12.2 Å². The molecular weight excluding hydrogens is 401 g/mol. The molecule has 1 aliphatic carbocycles. The molecule has 3 amide bonds. The van der Waals surface area contributed by atoms with Crippen molar-refractivity contribution in [3.05, 3.63) is 47.5 Å². The maximum atomic E-state index is 13.6. The fourth-order valence-electron chi connectivity index (χ4n) is 3.23. The van der Waals surface area contributed by atoms with E-state index in [2.05, 4.69) is 20.3 Å². The first kappa shape index (κ1) is 20.0. The van der Waals surface area contributed by atoms with Gasteiger partial charge in [0, 0.05) is 50.3 Å². The summed E-state index contributed by atoms with van der Waals surface area (Å²) >= 11 is 0. The lowest BCUT2D eigenvalue weighted by Gasteiger charge is -2.19. The van der Waals surface area contributed by atoms with Crippen LogP contribution < -0.4 is 10.2 Å². The number of alkyl halides is 3. The zero-order chi connectivity index (χ0) is 21.3. The minimum Gasteiger partial charge on any atom is -0.348 e. The van der Waals surface area contributed by atoms with Crippen molar-refractivity contribution < 1.29 is 22.8 Å². The van der Waals surface area contributed by atoms with E-state index in [0.29, 0.717) is 19.0 Å². The first-order chi connectivity index (χ1) is 14.3. The van der Waals surface area contributed by atoms with Crippen LogP contribution in [-0.2, 0) is 12.7 Å². The second-order valence-corrected chi connectivity index (χ2v) is 7.29. The number of nitrogens with zero attached hydrogens (tertiary/aromatic N) is 5. The van der Waals surface area contributed by atoms with Crippen LogP contribution in [0.3, 0.4) is 0 Å². The quantitative estimate of drug-likeness (QED) is 0.775. The lowest BCUT2D eigenvalue weighted by Crippen LogP contribution is -2.34. The van der Waals surface area contributed by atoms with E-state index in [4.69, 9.17) is 0 Å². The highest BCUT2D eigenvalue weighted by molar-refractivity contribution is 5.94. The van der Waals surface area contributed by atoms with E-state index in [1.807, 2.05) is 0 Å². The third kappa shape index (κ3) is 4.34. The van der Waals surface area contributed by atoms with Crippen LogP contribution in [0.4, 0.5) is 23.9 Å². The molecule has 2 aliphatic rings. The van der Waals surface area contributed by atoms with E-state index >= 15 is 0 Å². The van der Waals surface area contributed by atoms with Gasteiger partial charge < -0.3 is 10.2 Å². The predicted molar refractivity (Wildman–Crippen MR) is 99.5 cm³/mol. The van der Waals surface area contributed by atoms with Crippen molar-refractivity contribution in [2.75, 3.05) is 24.5 Å². The fourth-order valence-corrected chi connectivity index (χ4v) is 3.23.